The van der Waals surface area contributed by atoms with Gasteiger partial charge in [0.2, 0.25) is 5.89 Å². The monoisotopic (exact) mass is 340 g/mol. The Balaban J connectivity index is 1.66. The van der Waals surface area contributed by atoms with Gasteiger partial charge in [-0.15, -0.1) is 11.3 Å². The van der Waals surface area contributed by atoms with E-state index in [0.717, 1.165) is 15.2 Å². The molecule has 0 amide bonds. The molecule has 23 heavy (non-hydrogen) atoms. The van der Waals surface area contributed by atoms with Gasteiger partial charge in [0.25, 0.3) is 0 Å². The average molecular weight is 340 g/mol. The molecule has 0 N–H and O–H groups in total. The van der Waals surface area contributed by atoms with Gasteiger partial charge in [-0.25, -0.2) is 9.97 Å². The fraction of sp³-hybridized carbons (Fsp3) is 0.125. The molecule has 0 saturated carbocycles. The van der Waals surface area contributed by atoms with E-state index in [1.165, 1.54) is 10.4 Å². The van der Waals surface area contributed by atoms with Crippen LogP contribution >= 0.6 is 23.1 Å². The Morgan fingerprint density at radius 3 is 2.83 bits per heavy atom. The molecule has 3 aromatic heterocycles. The van der Waals surface area contributed by atoms with Crippen LogP contribution in [0.15, 0.2) is 52.3 Å². The summed E-state index contributed by atoms with van der Waals surface area (Å²) in [6.45, 7) is 1.81. The molecule has 7 heteroatoms. The van der Waals surface area contributed by atoms with Gasteiger partial charge in [0, 0.05) is 10.3 Å². The smallest absolute Gasteiger partial charge is 0.237 e. The normalized spacial score (nSPS) is 11.2. The Kier molecular flexibility index (Phi) is 3.80. The first-order chi connectivity index (χ1) is 11.3. The van der Waals surface area contributed by atoms with Crippen LogP contribution in [0.2, 0.25) is 0 Å². The number of hydrogen-bond donors (Lipinski definition) is 0. The Hall–Kier alpha value is -2.25. The minimum absolute atomic E-state index is 0.601. The Bertz CT molecular complexity index is 949. The summed E-state index contributed by atoms with van der Waals surface area (Å²) in [6.07, 6.45) is 1.61. The minimum Gasteiger partial charge on any atom is -0.338 e. The number of benzene rings is 1. The lowest BCUT2D eigenvalue weighted by molar-refractivity contribution is 0.387. The average Bonchev–Trinajstić information content (AvgIpc) is 3.20. The number of rotatable bonds is 4. The molecule has 0 unspecified atom stereocenters. The molecule has 114 valence electrons. The van der Waals surface area contributed by atoms with Gasteiger partial charge in [-0.3, -0.25) is 0 Å². The molecule has 0 atom stereocenters. The van der Waals surface area contributed by atoms with Gasteiger partial charge in [-0.2, -0.15) is 4.98 Å². The van der Waals surface area contributed by atoms with Crippen LogP contribution in [-0.2, 0) is 5.75 Å². The molecule has 0 fully saturated rings. The van der Waals surface area contributed by atoms with E-state index in [1.807, 2.05) is 25.1 Å². The number of hydrogen-bond acceptors (Lipinski definition) is 7. The minimum atomic E-state index is 0.601. The largest absolute Gasteiger partial charge is 0.338 e. The number of thioether (sulfide) groups is 1. The summed E-state index contributed by atoms with van der Waals surface area (Å²) in [5, 5.41) is 5.81. The second-order valence-electron chi connectivity index (χ2n) is 4.90. The van der Waals surface area contributed by atoms with Crippen LogP contribution in [0.4, 0.5) is 0 Å². The number of fused-ring (bicyclic) bond motifs is 1. The highest BCUT2D eigenvalue weighted by atomic mass is 32.2. The lowest BCUT2D eigenvalue weighted by Gasteiger charge is -1.98. The summed E-state index contributed by atoms with van der Waals surface area (Å²) in [4.78, 5) is 15.2. The maximum atomic E-state index is 5.15. The van der Waals surface area contributed by atoms with Crippen LogP contribution in [-0.4, -0.2) is 20.1 Å². The van der Waals surface area contributed by atoms with Gasteiger partial charge in [0.05, 0.1) is 5.75 Å². The zero-order valence-corrected chi connectivity index (χ0v) is 13.9. The van der Waals surface area contributed by atoms with Crippen molar-refractivity contribution in [3.05, 3.63) is 54.4 Å². The van der Waals surface area contributed by atoms with Gasteiger partial charge in [-0.1, -0.05) is 47.3 Å². The molecule has 0 spiro atoms. The number of nitrogens with zero attached hydrogens (tertiary/aromatic N) is 4. The second-order valence-corrected chi connectivity index (χ2v) is 6.89. The molecule has 0 radical (unpaired) electrons. The Labute approximate surface area is 140 Å². The van der Waals surface area contributed by atoms with Gasteiger partial charge >= 0.3 is 0 Å². The summed E-state index contributed by atoms with van der Waals surface area (Å²) < 4.78 is 5.15. The van der Waals surface area contributed by atoms with Gasteiger partial charge < -0.3 is 4.52 Å². The van der Waals surface area contributed by atoms with Crippen LogP contribution in [0.3, 0.4) is 0 Å². The van der Waals surface area contributed by atoms with Crippen LogP contribution in [0.5, 0.6) is 0 Å². The topological polar surface area (TPSA) is 64.7 Å². The molecule has 0 aliphatic carbocycles. The summed E-state index contributed by atoms with van der Waals surface area (Å²) in [6, 6.07) is 12.5. The number of aromatic nitrogens is 4. The maximum absolute atomic E-state index is 5.15. The van der Waals surface area contributed by atoms with E-state index >= 15 is 0 Å². The third kappa shape index (κ3) is 2.97. The molecule has 0 bridgehead atoms. The van der Waals surface area contributed by atoms with Crippen LogP contribution < -0.4 is 0 Å². The van der Waals surface area contributed by atoms with Crippen molar-refractivity contribution in [3.8, 4) is 10.4 Å². The quantitative estimate of drug-likeness (QED) is 0.407. The van der Waals surface area contributed by atoms with Crippen molar-refractivity contribution in [2.75, 3.05) is 0 Å². The van der Waals surface area contributed by atoms with Crippen molar-refractivity contribution >= 4 is 33.3 Å². The highest BCUT2D eigenvalue weighted by Gasteiger charge is 2.12. The first-order valence-corrected chi connectivity index (χ1v) is 8.82. The van der Waals surface area contributed by atoms with Crippen LogP contribution in [0.1, 0.15) is 11.7 Å². The molecule has 0 aliphatic rings. The van der Waals surface area contributed by atoms with E-state index in [4.69, 9.17) is 4.52 Å². The second kappa shape index (κ2) is 6.10. The molecule has 5 nitrogen and oxygen atoms in total. The molecule has 0 saturated heterocycles. The lowest BCUT2D eigenvalue weighted by atomic mass is 10.2. The van der Waals surface area contributed by atoms with E-state index in [0.29, 0.717) is 17.5 Å². The summed E-state index contributed by atoms with van der Waals surface area (Å²) >= 11 is 3.26. The molecule has 1 aromatic carbocycles. The van der Waals surface area contributed by atoms with E-state index in [1.54, 1.807) is 29.4 Å². The summed E-state index contributed by atoms with van der Waals surface area (Å²) in [5.41, 5.74) is 1.19. The first kappa shape index (κ1) is 14.3. The Morgan fingerprint density at radius 1 is 1.17 bits per heavy atom. The van der Waals surface area contributed by atoms with Crippen molar-refractivity contribution in [3.63, 3.8) is 0 Å². The molecular formula is C16H12N4OS2. The van der Waals surface area contributed by atoms with Crippen molar-refractivity contribution in [1.82, 2.24) is 20.1 Å². The zero-order valence-electron chi connectivity index (χ0n) is 12.3. The van der Waals surface area contributed by atoms with Crippen molar-refractivity contribution < 1.29 is 4.52 Å². The van der Waals surface area contributed by atoms with E-state index in [-0.39, 0.29) is 0 Å². The van der Waals surface area contributed by atoms with Crippen molar-refractivity contribution in [1.29, 1.82) is 0 Å². The van der Waals surface area contributed by atoms with E-state index in [2.05, 4.69) is 38.3 Å². The summed E-state index contributed by atoms with van der Waals surface area (Å²) in [7, 11) is 0. The maximum Gasteiger partial charge on any atom is 0.237 e. The predicted octanol–water partition coefficient (Wildman–Crippen LogP) is 4.34. The van der Waals surface area contributed by atoms with Gasteiger partial charge in [0.1, 0.15) is 16.2 Å². The van der Waals surface area contributed by atoms with Crippen LogP contribution in [0, 0.1) is 6.92 Å². The Morgan fingerprint density at radius 2 is 2.04 bits per heavy atom. The third-order valence-corrected chi connectivity index (χ3v) is 5.34. The highest BCUT2D eigenvalue weighted by Crippen LogP contribution is 2.36. The molecule has 4 rings (SSSR count). The predicted molar refractivity (Wildman–Crippen MR) is 91.4 cm³/mol. The number of thiophene rings is 1. The number of aryl methyl sites for hydroxylation is 1. The van der Waals surface area contributed by atoms with Crippen molar-refractivity contribution in [2.24, 2.45) is 0 Å². The highest BCUT2D eigenvalue weighted by molar-refractivity contribution is 7.98. The summed E-state index contributed by atoms with van der Waals surface area (Å²) in [5.74, 6) is 1.86. The van der Waals surface area contributed by atoms with Gasteiger partial charge in [-0.05, 0) is 18.6 Å². The fourth-order valence-corrected chi connectivity index (χ4v) is 4.10. The van der Waals surface area contributed by atoms with E-state index in [9.17, 15) is 0 Å². The molecule has 3 heterocycles. The standard InChI is InChI=1S/C16H12N4OS2/c1-10-19-14(21-20-10)8-22-15-12-7-13(11-5-3-2-4-6-11)23-16(12)18-9-17-15/h2-7,9H,8H2,1H3. The lowest BCUT2D eigenvalue weighted by Crippen LogP contribution is -1.85. The van der Waals surface area contributed by atoms with Gasteiger partial charge in [0.15, 0.2) is 5.82 Å². The third-order valence-electron chi connectivity index (χ3n) is 3.25. The zero-order chi connectivity index (χ0) is 15.6. The molecule has 0 aliphatic heterocycles. The fourth-order valence-electron chi connectivity index (χ4n) is 2.22. The van der Waals surface area contributed by atoms with Crippen molar-refractivity contribution in [2.45, 2.75) is 17.7 Å². The first-order valence-electron chi connectivity index (χ1n) is 7.01. The van der Waals surface area contributed by atoms with Crippen LogP contribution in [0.25, 0.3) is 20.7 Å². The SMILES string of the molecule is Cc1noc(CSc2ncnc3sc(-c4ccccc4)cc23)n1. The van der Waals surface area contributed by atoms with E-state index < -0.39 is 0 Å². The molecular weight excluding hydrogens is 328 g/mol. The molecule has 4 aromatic rings.